The molecule has 0 spiro atoms. The van der Waals surface area contributed by atoms with Gasteiger partial charge in [0.25, 0.3) is 0 Å². The zero-order valence-electron chi connectivity index (χ0n) is 16.2. The molecular weight excluding hydrogens is 421 g/mol. The van der Waals surface area contributed by atoms with E-state index < -0.39 is 11.7 Å². The molecule has 30 heavy (non-hydrogen) atoms. The van der Waals surface area contributed by atoms with Crippen LogP contribution in [0, 0.1) is 11.8 Å². The smallest absolute Gasteiger partial charge is 0.322 e. The van der Waals surface area contributed by atoms with Gasteiger partial charge in [0.15, 0.2) is 5.78 Å². The summed E-state index contributed by atoms with van der Waals surface area (Å²) < 4.78 is 40.2. The molecule has 0 N–H and O–H groups in total. The molecule has 2 unspecified atom stereocenters. The highest BCUT2D eigenvalue weighted by Crippen LogP contribution is 2.35. The summed E-state index contributed by atoms with van der Waals surface area (Å²) in [6.07, 6.45) is -1.63. The molecule has 0 radical (unpaired) electrons. The highest BCUT2D eigenvalue weighted by atomic mass is 35.5. The number of likely N-dealkylation sites (tertiary alicyclic amines) is 2. The topological polar surface area (TPSA) is 58.4 Å². The minimum Gasteiger partial charge on any atom is -0.322 e. The van der Waals surface area contributed by atoms with Gasteiger partial charge in [-0.15, -0.1) is 0 Å². The third-order valence-corrected chi connectivity index (χ3v) is 5.93. The molecule has 4 rings (SSSR count). The fraction of sp³-hybridized carbons (Fsp3) is 0.450. The molecule has 160 valence electrons. The Balaban J connectivity index is 1.37. The molecule has 3 heterocycles. The molecule has 2 atom stereocenters. The van der Waals surface area contributed by atoms with Crippen molar-refractivity contribution in [1.82, 2.24) is 19.6 Å². The van der Waals surface area contributed by atoms with E-state index in [2.05, 4.69) is 10.00 Å². The molecule has 6 nitrogen and oxygen atoms in total. The summed E-state index contributed by atoms with van der Waals surface area (Å²) in [5, 5.41) is 4.04. The van der Waals surface area contributed by atoms with E-state index in [-0.39, 0.29) is 28.7 Å². The van der Waals surface area contributed by atoms with Crippen molar-refractivity contribution in [3.63, 3.8) is 0 Å². The van der Waals surface area contributed by atoms with Crippen molar-refractivity contribution in [3.8, 4) is 0 Å². The number of rotatable bonds is 3. The highest BCUT2D eigenvalue weighted by molar-refractivity contribution is 6.30. The molecule has 2 aromatic rings. The lowest BCUT2D eigenvalue weighted by Crippen LogP contribution is -2.36. The molecule has 2 fully saturated rings. The van der Waals surface area contributed by atoms with Crippen LogP contribution >= 0.6 is 11.6 Å². The second kappa shape index (κ2) is 7.70. The molecule has 0 aliphatic carbocycles. The predicted octanol–water partition coefficient (Wildman–Crippen LogP) is 3.79. The number of amides is 1. The van der Waals surface area contributed by atoms with Gasteiger partial charge in [-0.3, -0.25) is 9.69 Å². The molecule has 0 bridgehead atoms. The number of halogens is 4. The second-order valence-corrected chi connectivity index (χ2v) is 8.41. The number of ketones is 1. The van der Waals surface area contributed by atoms with Gasteiger partial charge in [0, 0.05) is 43.9 Å². The van der Waals surface area contributed by atoms with Crippen LogP contribution in [-0.2, 0) is 12.7 Å². The van der Waals surface area contributed by atoms with Gasteiger partial charge in [0.05, 0.1) is 17.3 Å². The third kappa shape index (κ3) is 4.22. The van der Waals surface area contributed by atoms with Crippen LogP contribution in [0.25, 0.3) is 0 Å². The van der Waals surface area contributed by atoms with Crippen molar-refractivity contribution in [2.24, 2.45) is 11.8 Å². The Hall–Kier alpha value is -2.39. The Kier molecular flexibility index (Phi) is 5.36. The number of hydrogen-bond acceptors (Lipinski definition) is 4. The predicted molar refractivity (Wildman–Crippen MR) is 103 cm³/mol. The molecule has 2 aliphatic rings. The molecule has 1 amide bonds. The summed E-state index contributed by atoms with van der Waals surface area (Å²) in [6, 6.07) is 3.36. The molecule has 1 aromatic carbocycles. The molecule has 2 aliphatic heterocycles. The number of fused-ring (bicyclic) bond motifs is 1. The van der Waals surface area contributed by atoms with E-state index in [0.717, 1.165) is 12.1 Å². The van der Waals surface area contributed by atoms with Gasteiger partial charge in [-0.05, 0) is 42.5 Å². The maximum Gasteiger partial charge on any atom is 0.416 e. The standard InChI is InChI=1S/C20H20ClF3N4O2/c1-12(29)14-5-25-28(11-14)19(30)27-9-15-7-26(8-16(15)10-27)6-13-2-17(20(22,23)24)4-18(21)3-13/h2-5,11,15-16H,6-10H2,1H3. The summed E-state index contributed by atoms with van der Waals surface area (Å²) >= 11 is 5.88. The number of carbonyl (C=O) groups excluding carboxylic acids is 2. The van der Waals surface area contributed by atoms with Crippen molar-refractivity contribution in [1.29, 1.82) is 0 Å². The molecule has 1 aromatic heterocycles. The van der Waals surface area contributed by atoms with Crippen LogP contribution < -0.4 is 0 Å². The fourth-order valence-electron chi connectivity index (χ4n) is 4.29. The first-order chi connectivity index (χ1) is 14.1. The van der Waals surface area contributed by atoms with Crippen LogP contribution in [0.5, 0.6) is 0 Å². The lowest BCUT2D eigenvalue weighted by atomic mass is 10.0. The SMILES string of the molecule is CC(=O)c1cnn(C(=O)N2CC3CN(Cc4cc(Cl)cc(C(F)(F)F)c4)CC3C2)c1. The summed E-state index contributed by atoms with van der Waals surface area (Å²) in [5.41, 5.74) is 0.162. The van der Waals surface area contributed by atoms with E-state index >= 15 is 0 Å². The molecule has 0 saturated carbocycles. The van der Waals surface area contributed by atoms with Crippen LogP contribution in [0.3, 0.4) is 0 Å². The van der Waals surface area contributed by atoms with E-state index in [0.29, 0.717) is 43.9 Å². The van der Waals surface area contributed by atoms with Gasteiger partial charge in [0.1, 0.15) is 0 Å². The second-order valence-electron chi connectivity index (χ2n) is 7.98. The number of hydrogen-bond donors (Lipinski definition) is 0. The average molecular weight is 441 g/mol. The van der Waals surface area contributed by atoms with Crippen LogP contribution in [0.15, 0.2) is 30.6 Å². The van der Waals surface area contributed by atoms with E-state index in [1.807, 2.05) is 0 Å². The highest BCUT2D eigenvalue weighted by Gasteiger charge is 2.42. The summed E-state index contributed by atoms with van der Waals surface area (Å²) in [7, 11) is 0. The van der Waals surface area contributed by atoms with Crippen molar-refractivity contribution >= 4 is 23.4 Å². The maximum atomic E-state index is 13.0. The van der Waals surface area contributed by atoms with E-state index in [4.69, 9.17) is 11.6 Å². The first-order valence-electron chi connectivity index (χ1n) is 9.54. The molecule has 10 heteroatoms. The van der Waals surface area contributed by atoms with Crippen molar-refractivity contribution in [2.45, 2.75) is 19.6 Å². The summed E-state index contributed by atoms with van der Waals surface area (Å²) in [4.78, 5) is 27.8. The van der Waals surface area contributed by atoms with E-state index in [9.17, 15) is 22.8 Å². The van der Waals surface area contributed by atoms with Crippen molar-refractivity contribution < 1.29 is 22.8 Å². The van der Waals surface area contributed by atoms with Crippen LogP contribution in [0.4, 0.5) is 18.0 Å². The van der Waals surface area contributed by atoms with Crippen LogP contribution in [0.1, 0.15) is 28.4 Å². The summed E-state index contributed by atoms with van der Waals surface area (Å²) in [5.74, 6) is 0.341. The van der Waals surface area contributed by atoms with Gasteiger partial charge in [-0.1, -0.05) is 11.6 Å². The number of Topliss-reactive ketones (excluding diaryl/α,β-unsaturated/α-hetero) is 1. The van der Waals surface area contributed by atoms with E-state index in [1.165, 1.54) is 24.0 Å². The Morgan fingerprint density at radius 1 is 1.13 bits per heavy atom. The number of carbonyl (C=O) groups is 2. The minimum atomic E-state index is -4.43. The van der Waals surface area contributed by atoms with Gasteiger partial charge < -0.3 is 4.90 Å². The van der Waals surface area contributed by atoms with Gasteiger partial charge in [0.2, 0.25) is 0 Å². The largest absolute Gasteiger partial charge is 0.416 e. The number of nitrogens with zero attached hydrogens (tertiary/aromatic N) is 4. The van der Waals surface area contributed by atoms with Gasteiger partial charge in [-0.25, -0.2) is 4.79 Å². The van der Waals surface area contributed by atoms with Crippen molar-refractivity contribution in [3.05, 3.63) is 52.3 Å². The first-order valence-corrected chi connectivity index (χ1v) is 9.92. The quantitative estimate of drug-likeness (QED) is 0.681. The Morgan fingerprint density at radius 2 is 1.80 bits per heavy atom. The van der Waals surface area contributed by atoms with Crippen molar-refractivity contribution in [2.75, 3.05) is 26.2 Å². The lowest BCUT2D eigenvalue weighted by Gasteiger charge is -2.22. The Morgan fingerprint density at radius 3 is 2.37 bits per heavy atom. The average Bonchev–Trinajstić information content (AvgIpc) is 3.34. The van der Waals surface area contributed by atoms with Crippen LogP contribution in [-0.4, -0.2) is 57.6 Å². The molecular formula is C20H20ClF3N4O2. The monoisotopic (exact) mass is 440 g/mol. The fourth-order valence-corrected chi connectivity index (χ4v) is 4.55. The van der Waals surface area contributed by atoms with Crippen LogP contribution in [0.2, 0.25) is 5.02 Å². The number of aromatic nitrogens is 2. The summed E-state index contributed by atoms with van der Waals surface area (Å²) in [6.45, 7) is 4.29. The maximum absolute atomic E-state index is 13.0. The Bertz CT molecular complexity index is 977. The zero-order valence-corrected chi connectivity index (χ0v) is 17.0. The lowest BCUT2D eigenvalue weighted by molar-refractivity contribution is -0.137. The first kappa shape index (κ1) is 20.9. The Labute approximate surface area is 176 Å². The van der Waals surface area contributed by atoms with Gasteiger partial charge >= 0.3 is 12.2 Å². The zero-order chi connectivity index (χ0) is 21.6. The third-order valence-electron chi connectivity index (χ3n) is 5.71. The minimum absolute atomic E-state index is 0.0696. The number of alkyl halides is 3. The van der Waals surface area contributed by atoms with Gasteiger partial charge in [-0.2, -0.15) is 23.0 Å². The molecule has 2 saturated heterocycles. The number of benzene rings is 1. The van der Waals surface area contributed by atoms with E-state index in [1.54, 1.807) is 11.0 Å². The normalized spacial score (nSPS) is 21.8.